The Morgan fingerprint density at radius 2 is 1.48 bits per heavy atom. The first-order valence-electron chi connectivity index (χ1n) is 7.59. The monoisotopic (exact) mass is 393 g/mol. The lowest BCUT2D eigenvalue weighted by molar-refractivity contribution is -0.136. The molecule has 0 aliphatic rings. The van der Waals surface area contributed by atoms with Gasteiger partial charge in [-0.1, -0.05) is 41.9 Å². The van der Waals surface area contributed by atoms with Crippen LogP contribution < -0.4 is 10.9 Å². The Hall–Kier alpha value is -3.13. The summed E-state index contributed by atoms with van der Waals surface area (Å²) in [6.45, 7) is 0. The van der Waals surface area contributed by atoms with E-state index in [0.29, 0.717) is 0 Å². The molecule has 2 aromatic carbocycles. The number of carbonyl (C=O) groups is 2. The third kappa shape index (κ3) is 3.85. The molecule has 2 amide bonds. The maximum absolute atomic E-state index is 13.5. The first kappa shape index (κ1) is 18.7. The van der Waals surface area contributed by atoms with Crippen molar-refractivity contribution in [2.45, 2.75) is 6.18 Å². The van der Waals surface area contributed by atoms with Crippen molar-refractivity contribution in [1.29, 1.82) is 0 Å². The van der Waals surface area contributed by atoms with Crippen molar-refractivity contribution < 1.29 is 22.8 Å². The number of benzene rings is 2. The number of para-hydroxylation sites is 1. The molecule has 0 bridgehead atoms. The topological polar surface area (TPSA) is 71.1 Å². The van der Waals surface area contributed by atoms with Crippen LogP contribution in [0.3, 0.4) is 0 Å². The Bertz CT molecular complexity index is 1040. The van der Waals surface area contributed by atoms with Crippen LogP contribution in [0.4, 0.5) is 13.2 Å². The highest BCUT2D eigenvalue weighted by Crippen LogP contribution is 2.36. The van der Waals surface area contributed by atoms with Crippen LogP contribution >= 0.6 is 11.6 Å². The number of hydrogen-bond donors (Lipinski definition) is 2. The zero-order chi connectivity index (χ0) is 19.6. The molecule has 5 nitrogen and oxygen atoms in total. The normalized spacial score (nSPS) is 11.3. The second-order valence-corrected chi connectivity index (χ2v) is 5.86. The molecular formula is C18H11ClF3N3O2. The molecule has 3 aromatic rings. The Balaban J connectivity index is 1.90. The molecule has 0 atom stereocenters. The van der Waals surface area contributed by atoms with E-state index in [2.05, 4.69) is 4.98 Å². The lowest BCUT2D eigenvalue weighted by atomic mass is 10.0. The fourth-order valence-electron chi connectivity index (χ4n) is 2.51. The number of fused-ring (bicyclic) bond motifs is 1. The van der Waals surface area contributed by atoms with E-state index in [1.54, 1.807) is 18.2 Å². The van der Waals surface area contributed by atoms with E-state index >= 15 is 0 Å². The van der Waals surface area contributed by atoms with Crippen LogP contribution in [0.25, 0.3) is 10.9 Å². The van der Waals surface area contributed by atoms with Gasteiger partial charge < -0.3 is 0 Å². The van der Waals surface area contributed by atoms with Gasteiger partial charge in [-0.15, -0.1) is 0 Å². The van der Waals surface area contributed by atoms with Crippen molar-refractivity contribution in [3.63, 3.8) is 0 Å². The Labute approximate surface area is 156 Å². The molecule has 0 radical (unpaired) electrons. The molecule has 0 aliphatic carbocycles. The van der Waals surface area contributed by atoms with Gasteiger partial charge in [0.05, 0.1) is 27.2 Å². The average molecular weight is 394 g/mol. The molecular weight excluding hydrogens is 383 g/mol. The van der Waals surface area contributed by atoms with Crippen LogP contribution in [0, 0.1) is 0 Å². The predicted octanol–water partition coefficient (Wildman–Crippen LogP) is 3.98. The van der Waals surface area contributed by atoms with E-state index in [9.17, 15) is 22.8 Å². The summed E-state index contributed by atoms with van der Waals surface area (Å²) in [5, 5.41) is -0.0809. The first-order valence-corrected chi connectivity index (χ1v) is 7.97. The molecule has 3 rings (SSSR count). The van der Waals surface area contributed by atoms with E-state index in [4.69, 9.17) is 11.6 Å². The molecule has 0 unspecified atom stereocenters. The van der Waals surface area contributed by atoms with Gasteiger partial charge in [0.25, 0.3) is 11.8 Å². The van der Waals surface area contributed by atoms with Crippen LogP contribution in [-0.4, -0.2) is 16.8 Å². The summed E-state index contributed by atoms with van der Waals surface area (Å²) in [6.07, 6.45) is -3.97. The number of halogens is 4. The molecule has 27 heavy (non-hydrogen) atoms. The number of alkyl halides is 3. The maximum Gasteiger partial charge on any atom is 0.417 e. The summed E-state index contributed by atoms with van der Waals surface area (Å²) in [4.78, 5) is 28.2. The number of hydrazine groups is 1. The number of pyridine rings is 1. The van der Waals surface area contributed by atoms with E-state index in [1.165, 1.54) is 30.3 Å². The lowest BCUT2D eigenvalue weighted by Crippen LogP contribution is -2.42. The van der Waals surface area contributed by atoms with Crippen molar-refractivity contribution in [3.05, 3.63) is 76.4 Å². The van der Waals surface area contributed by atoms with Gasteiger partial charge in [-0.05, 0) is 18.2 Å². The molecule has 0 fully saturated rings. The average Bonchev–Trinajstić information content (AvgIpc) is 2.64. The third-order valence-electron chi connectivity index (χ3n) is 3.71. The van der Waals surface area contributed by atoms with Crippen molar-refractivity contribution in [1.82, 2.24) is 15.8 Å². The van der Waals surface area contributed by atoms with Gasteiger partial charge in [-0.3, -0.25) is 25.4 Å². The second-order valence-electron chi connectivity index (χ2n) is 5.45. The molecule has 9 heteroatoms. The highest BCUT2D eigenvalue weighted by Gasteiger charge is 2.37. The van der Waals surface area contributed by atoms with E-state index < -0.39 is 29.1 Å². The number of hydrogen-bond acceptors (Lipinski definition) is 3. The van der Waals surface area contributed by atoms with Crippen LogP contribution in [0.15, 0.2) is 54.7 Å². The van der Waals surface area contributed by atoms with Gasteiger partial charge in [-0.25, -0.2) is 0 Å². The highest BCUT2D eigenvalue weighted by molar-refractivity contribution is 6.33. The smallest absolute Gasteiger partial charge is 0.267 e. The number of aromatic nitrogens is 1. The second kappa shape index (κ2) is 7.24. The third-order valence-corrected chi connectivity index (χ3v) is 4.04. The van der Waals surface area contributed by atoms with Gasteiger partial charge in [0.2, 0.25) is 0 Å². The van der Waals surface area contributed by atoms with Crippen LogP contribution in [0.2, 0.25) is 5.02 Å². The summed E-state index contributed by atoms with van der Waals surface area (Å²) in [6, 6.07) is 11.6. The van der Waals surface area contributed by atoms with Gasteiger partial charge in [0.1, 0.15) is 0 Å². The number of nitrogens with one attached hydrogen (secondary N) is 2. The minimum atomic E-state index is -4.79. The zero-order valence-corrected chi connectivity index (χ0v) is 14.2. The van der Waals surface area contributed by atoms with Crippen LogP contribution in [0.5, 0.6) is 0 Å². The molecule has 0 saturated carbocycles. The quantitative estimate of drug-likeness (QED) is 0.647. The Kier molecular flexibility index (Phi) is 5.00. The SMILES string of the molecule is O=C(NNC(=O)c1cnc2ccccc2c1C(F)(F)F)c1ccccc1Cl. The predicted molar refractivity (Wildman–Crippen MR) is 93.1 cm³/mol. The van der Waals surface area contributed by atoms with Gasteiger partial charge >= 0.3 is 6.18 Å². The fraction of sp³-hybridized carbons (Fsp3) is 0.0556. The number of rotatable bonds is 2. The summed E-state index contributed by atoms with van der Waals surface area (Å²) < 4.78 is 40.6. The van der Waals surface area contributed by atoms with Crippen LogP contribution in [-0.2, 0) is 6.18 Å². The first-order chi connectivity index (χ1) is 12.8. The van der Waals surface area contributed by atoms with Gasteiger partial charge in [0.15, 0.2) is 0 Å². The minimum Gasteiger partial charge on any atom is -0.267 e. The number of nitrogens with zero attached hydrogens (tertiary/aromatic N) is 1. The summed E-state index contributed by atoms with van der Waals surface area (Å²) >= 11 is 5.87. The van der Waals surface area contributed by atoms with E-state index in [1.807, 2.05) is 10.9 Å². The van der Waals surface area contributed by atoms with E-state index in [0.717, 1.165) is 6.20 Å². The Morgan fingerprint density at radius 1 is 0.889 bits per heavy atom. The highest BCUT2D eigenvalue weighted by atomic mass is 35.5. The Morgan fingerprint density at radius 3 is 2.15 bits per heavy atom. The zero-order valence-electron chi connectivity index (χ0n) is 13.5. The van der Waals surface area contributed by atoms with Gasteiger partial charge in [0, 0.05) is 11.6 Å². The van der Waals surface area contributed by atoms with E-state index in [-0.39, 0.29) is 21.5 Å². The summed E-state index contributed by atoms with van der Waals surface area (Å²) in [5.41, 5.74) is 2.34. The standard InChI is InChI=1S/C18H11ClF3N3O2/c19-13-7-3-1-5-10(13)16(26)24-25-17(27)12-9-23-14-8-4-2-6-11(14)15(12)18(20,21)22/h1-9H,(H,24,26)(H,25,27). The molecule has 1 aromatic heterocycles. The molecule has 0 spiro atoms. The molecule has 0 aliphatic heterocycles. The molecule has 2 N–H and O–H groups in total. The van der Waals surface area contributed by atoms with Crippen molar-refractivity contribution in [3.8, 4) is 0 Å². The maximum atomic E-state index is 13.5. The lowest BCUT2D eigenvalue weighted by Gasteiger charge is -2.15. The number of carbonyl (C=O) groups excluding carboxylic acids is 2. The van der Waals surface area contributed by atoms with Crippen molar-refractivity contribution in [2.24, 2.45) is 0 Å². The van der Waals surface area contributed by atoms with Crippen molar-refractivity contribution >= 4 is 34.3 Å². The summed E-state index contributed by atoms with van der Waals surface area (Å²) in [5.74, 6) is -1.92. The minimum absolute atomic E-state index is 0.0622. The van der Waals surface area contributed by atoms with Crippen molar-refractivity contribution in [2.75, 3.05) is 0 Å². The van der Waals surface area contributed by atoms with Gasteiger partial charge in [-0.2, -0.15) is 13.2 Å². The largest absolute Gasteiger partial charge is 0.417 e. The van der Waals surface area contributed by atoms with Crippen LogP contribution in [0.1, 0.15) is 26.3 Å². The fourth-order valence-corrected chi connectivity index (χ4v) is 2.73. The summed E-state index contributed by atoms with van der Waals surface area (Å²) in [7, 11) is 0. The molecule has 138 valence electrons. The molecule has 0 saturated heterocycles. The molecule has 1 heterocycles. The number of amides is 2.